The average molecular weight is 175 g/mol. The molecule has 2 heteroatoms. The van der Waals surface area contributed by atoms with E-state index >= 15 is 0 Å². The van der Waals surface area contributed by atoms with Crippen LogP contribution in [0.2, 0.25) is 0 Å². The zero-order valence-electron chi connectivity index (χ0n) is 8.00. The molecule has 0 fully saturated rings. The molecule has 0 saturated heterocycles. The third kappa shape index (κ3) is 2.48. The molecule has 0 radical (unpaired) electrons. The lowest BCUT2D eigenvalue weighted by Crippen LogP contribution is -1.88. The first-order chi connectivity index (χ1) is 6.30. The lowest BCUT2D eigenvalue weighted by molar-refractivity contribution is 1.08. The van der Waals surface area contributed by atoms with E-state index in [1.54, 1.807) is 0 Å². The molecular formula is C11H13NO. The summed E-state index contributed by atoms with van der Waals surface area (Å²) >= 11 is 0. The van der Waals surface area contributed by atoms with Gasteiger partial charge in [-0.25, -0.2) is 0 Å². The van der Waals surface area contributed by atoms with E-state index < -0.39 is 0 Å². The van der Waals surface area contributed by atoms with Gasteiger partial charge in [-0.1, -0.05) is 19.9 Å². The molecule has 0 aliphatic rings. The summed E-state index contributed by atoms with van der Waals surface area (Å²) in [4.78, 5) is 0. The minimum atomic E-state index is 0.784. The number of benzene rings is 1. The smallest absolute Gasteiger partial charge is 0.336 e. The number of nitrogens with zero attached hydrogens (tertiary/aromatic N) is 1. The van der Waals surface area contributed by atoms with Crippen LogP contribution >= 0.6 is 0 Å². The van der Waals surface area contributed by atoms with Gasteiger partial charge in [0.1, 0.15) is 5.56 Å². The van der Waals surface area contributed by atoms with Gasteiger partial charge in [0.25, 0.3) is 0 Å². The summed E-state index contributed by atoms with van der Waals surface area (Å²) in [7, 11) is 0. The van der Waals surface area contributed by atoms with Crippen molar-refractivity contribution in [1.29, 1.82) is 0 Å². The van der Waals surface area contributed by atoms with Crippen LogP contribution in [0.3, 0.4) is 0 Å². The Morgan fingerprint density at radius 3 is 2.08 bits per heavy atom. The predicted octanol–water partition coefficient (Wildman–Crippen LogP) is 2.99. The normalized spacial score (nSPS) is 9.08. The van der Waals surface area contributed by atoms with Crippen LogP contribution in [-0.2, 0) is 12.8 Å². The second-order valence-electron chi connectivity index (χ2n) is 2.95. The summed E-state index contributed by atoms with van der Waals surface area (Å²) in [5, 5.41) is 12.7. The number of hydrogen-bond donors (Lipinski definition) is 0. The van der Waals surface area contributed by atoms with Gasteiger partial charge in [0, 0.05) is 5.01 Å². The van der Waals surface area contributed by atoms with Gasteiger partial charge in [-0.05, 0) is 36.1 Å². The molecule has 1 aromatic rings. The molecule has 0 heterocycles. The Labute approximate surface area is 78.6 Å². The third-order valence-electron chi connectivity index (χ3n) is 2.04. The van der Waals surface area contributed by atoms with Gasteiger partial charge in [0.05, 0.1) is 0 Å². The van der Waals surface area contributed by atoms with Gasteiger partial charge in [0.2, 0.25) is 0 Å². The molecule has 0 amide bonds. The molecular weight excluding hydrogens is 162 g/mol. The first-order valence-corrected chi connectivity index (χ1v) is 4.51. The second kappa shape index (κ2) is 4.51. The topological polar surface area (TPSA) is 27.4 Å². The Balaban J connectivity index is 3.12. The maximum atomic E-state index is 10.0. The largest absolute Gasteiger partial charge is 0.498 e. The molecule has 0 spiro atoms. The molecule has 0 aromatic heterocycles. The molecule has 13 heavy (non-hydrogen) atoms. The highest BCUT2D eigenvalue weighted by atomic mass is 16.4. The minimum absolute atomic E-state index is 0.784. The lowest BCUT2D eigenvalue weighted by Gasteiger charge is -2.00. The monoisotopic (exact) mass is 175 g/mol. The first kappa shape index (κ1) is 9.60. The highest BCUT2D eigenvalue weighted by molar-refractivity contribution is 5.39. The van der Waals surface area contributed by atoms with E-state index in [-0.39, 0.29) is 0 Å². The molecule has 1 aromatic carbocycles. The van der Waals surface area contributed by atoms with Crippen LogP contribution in [0.1, 0.15) is 30.5 Å². The summed E-state index contributed by atoms with van der Waals surface area (Å²) < 4.78 is 0. The highest BCUT2D eigenvalue weighted by Gasteiger charge is 2.00. The molecule has 0 unspecified atom stereocenters. The van der Waals surface area contributed by atoms with Crippen molar-refractivity contribution in [1.82, 2.24) is 0 Å². The Kier molecular flexibility index (Phi) is 3.33. The molecule has 0 N–H and O–H groups in total. The Hall–Kier alpha value is -1.49. The van der Waals surface area contributed by atoms with E-state index in [9.17, 15) is 5.21 Å². The summed E-state index contributed by atoms with van der Waals surface area (Å²) in [6.07, 6.45) is 1.95. The fourth-order valence-corrected chi connectivity index (χ4v) is 1.29. The zero-order valence-corrected chi connectivity index (χ0v) is 8.00. The molecule has 0 aliphatic heterocycles. The van der Waals surface area contributed by atoms with Crippen molar-refractivity contribution < 1.29 is 0 Å². The van der Waals surface area contributed by atoms with Crippen molar-refractivity contribution in [2.45, 2.75) is 26.7 Å². The molecule has 0 saturated carbocycles. The average Bonchev–Trinajstić information content (AvgIpc) is 2.17. The number of rotatable bonds is 2. The van der Waals surface area contributed by atoms with Crippen LogP contribution in [0.4, 0.5) is 0 Å². The predicted molar refractivity (Wildman–Crippen MR) is 54.9 cm³/mol. The van der Waals surface area contributed by atoms with Crippen molar-refractivity contribution in [3.8, 4) is 6.07 Å². The Morgan fingerprint density at radius 1 is 1.15 bits per heavy atom. The maximum absolute atomic E-state index is 10.0. The van der Waals surface area contributed by atoms with E-state index in [1.807, 2.05) is 12.1 Å². The highest BCUT2D eigenvalue weighted by Crippen LogP contribution is 2.11. The van der Waals surface area contributed by atoms with Crippen LogP contribution in [0.15, 0.2) is 18.2 Å². The zero-order chi connectivity index (χ0) is 9.68. The molecule has 0 atom stereocenters. The van der Waals surface area contributed by atoms with E-state index in [0.29, 0.717) is 0 Å². The van der Waals surface area contributed by atoms with Crippen molar-refractivity contribution in [2.24, 2.45) is 0 Å². The van der Waals surface area contributed by atoms with Crippen LogP contribution in [0.25, 0.3) is 5.01 Å². The van der Waals surface area contributed by atoms with E-state index in [0.717, 1.165) is 18.4 Å². The summed E-state index contributed by atoms with van der Waals surface area (Å²) in [5.74, 6) is 0. The second-order valence-corrected chi connectivity index (χ2v) is 2.95. The molecule has 0 aliphatic carbocycles. The summed E-state index contributed by atoms with van der Waals surface area (Å²) in [5.41, 5.74) is 3.24. The molecule has 68 valence electrons. The van der Waals surface area contributed by atoms with Gasteiger partial charge >= 0.3 is 6.07 Å². The Bertz CT molecular complexity index is 325. The number of aryl methyl sites for hydroxylation is 2. The van der Waals surface area contributed by atoms with Gasteiger partial charge in [0.15, 0.2) is 0 Å². The minimum Gasteiger partial charge on any atom is -0.498 e. The standard InChI is InChI=1S/C11H13NO/c1-3-9-5-10(4-2)7-11(6-9)8-12-13/h5-7H,3-4H2,1-2H3. The Morgan fingerprint density at radius 2 is 1.69 bits per heavy atom. The van der Waals surface area contributed by atoms with E-state index in [2.05, 4.69) is 31.0 Å². The molecule has 0 bridgehead atoms. The number of hydrogen-bond acceptors (Lipinski definition) is 1. The van der Waals surface area contributed by atoms with Crippen LogP contribution in [0.5, 0.6) is 0 Å². The van der Waals surface area contributed by atoms with Crippen LogP contribution in [-0.4, -0.2) is 0 Å². The van der Waals surface area contributed by atoms with Crippen molar-refractivity contribution in [3.63, 3.8) is 0 Å². The fraction of sp³-hybridized carbons (Fsp3) is 0.364. The van der Waals surface area contributed by atoms with E-state index in [1.165, 1.54) is 11.1 Å². The van der Waals surface area contributed by atoms with Crippen molar-refractivity contribution >= 4 is 0 Å². The van der Waals surface area contributed by atoms with Gasteiger partial charge in [-0.3, -0.25) is 0 Å². The lowest BCUT2D eigenvalue weighted by atomic mass is 10.0. The molecule has 1 rings (SSSR count). The van der Waals surface area contributed by atoms with Gasteiger partial charge in [-0.15, -0.1) is 0 Å². The molecule has 2 nitrogen and oxygen atoms in total. The van der Waals surface area contributed by atoms with Crippen molar-refractivity contribution in [2.75, 3.05) is 0 Å². The van der Waals surface area contributed by atoms with Gasteiger partial charge < -0.3 is 5.21 Å². The SMILES string of the molecule is CCc1cc(C#[N+][O-])cc(CC)c1. The summed E-state index contributed by atoms with van der Waals surface area (Å²) in [6, 6.07) is 8.47. The first-order valence-electron chi connectivity index (χ1n) is 4.51. The van der Waals surface area contributed by atoms with Crippen molar-refractivity contribution in [3.05, 3.63) is 45.1 Å². The fourth-order valence-electron chi connectivity index (χ4n) is 1.29. The quantitative estimate of drug-likeness (QED) is 0.635. The van der Waals surface area contributed by atoms with Gasteiger partial charge in [-0.2, -0.15) is 0 Å². The summed E-state index contributed by atoms with van der Waals surface area (Å²) in [6.45, 7) is 4.18. The third-order valence-corrected chi connectivity index (χ3v) is 2.04. The maximum Gasteiger partial charge on any atom is 0.336 e. The van der Waals surface area contributed by atoms with Crippen LogP contribution in [0, 0.1) is 11.3 Å². The van der Waals surface area contributed by atoms with Crippen LogP contribution < -0.4 is 0 Å². The van der Waals surface area contributed by atoms with E-state index in [4.69, 9.17) is 0 Å².